The molecule has 0 amide bonds. The fourth-order valence-corrected chi connectivity index (χ4v) is 3.25. The van der Waals surface area contributed by atoms with E-state index in [0.717, 1.165) is 5.75 Å². The van der Waals surface area contributed by atoms with Crippen molar-refractivity contribution < 1.29 is 23.8 Å². The molecule has 0 radical (unpaired) electrons. The van der Waals surface area contributed by atoms with E-state index in [1.54, 1.807) is 11.8 Å². The highest BCUT2D eigenvalue weighted by Gasteiger charge is 2.45. The quantitative estimate of drug-likeness (QED) is 0.738. The molecule has 1 aliphatic heterocycles. The molecule has 0 spiro atoms. The van der Waals surface area contributed by atoms with E-state index in [9.17, 15) is 9.59 Å². The maximum atomic E-state index is 11.2. The third kappa shape index (κ3) is 4.38. The molecular weight excluding hydrogens is 268 g/mol. The third-order valence-electron chi connectivity index (χ3n) is 3.02. The van der Waals surface area contributed by atoms with Gasteiger partial charge in [-0.1, -0.05) is 13.8 Å². The van der Waals surface area contributed by atoms with Crippen molar-refractivity contribution in [2.45, 2.75) is 58.4 Å². The Morgan fingerprint density at radius 2 is 1.63 bits per heavy atom. The summed E-state index contributed by atoms with van der Waals surface area (Å²) in [7, 11) is 0. The molecule has 1 heterocycles. The van der Waals surface area contributed by atoms with Gasteiger partial charge in [0, 0.05) is 19.8 Å². The summed E-state index contributed by atoms with van der Waals surface area (Å²) < 4.78 is 16.5. The largest absolute Gasteiger partial charge is 0.458 e. The van der Waals surface area contributed by atoms with Gasteiger partial charge in [0.25, 0.3) is 0 Å². The number of esters is 2. The molecule has 1 rings (SSSR count). The molecule has 1 saturated heterocycles. The van der Waals surface area contributed by atoms with Crippen LogP contribution in [-0.2, 0) is 23.8 Å². The first-order valence-corrected chi connectivity index (χ1v) is 7.53. The number of carbonyl (C=O) groups is 2. The van der Waals surface area contributed by atoms with Gasteiger partial charge in [-0.2, -0.15) is 0 Å². The third-order valence-corrected chi connectivity index (χ3v) is 4.22. The Labute approximate surface area is 118 Å². The van der Waals surface area contributed by atoms with Gasteiger partial charge in [0.1, 0.15) is 11.5 Å². The summed E-state index contributed by atoms with van der Waals surface area (Å²) in [5.74, 6) is 0.108. The van der Waals surface area contributed by atoms with E-state index in [1.807, 2.05) is 20.8 Å². The SMILES string of the molecule is CCSC1OC(C)[C@@H](OC(C)=O)[C@H](OC(C)=O)[C@@H]1C. The zero-order chi connectivity index (χ0) is 14.6. The van der Waals surface area contributed by atoms with Crippen molar-refractivity contribution >= 4 is 23.7 Å². The topological polar surface area (TPSA) is 61.8 Å². The first-order valence-electron chi connectivity index (χ1n) is 6.48. The lowest BCUT2D eigenvalue weighted by Crippen LogP contribution is -2.54. The second kappa shape index (κ2) is 7.14. The summed E-state index contributed by atoms with van der Waals surface area (Å²) in [4.78, 5) is 22.4. The molecule has 19 heavy (non-hydrogen) atoms. The summed E-state index contributed by atoms with van der Waals surface area (Å²) in [6, 6.07) is 0. The predicted octanol–water partition coefficient (Wildman–Crippen LogP) is 1.98. The Morgan fingerprint density at radius 1 is 1.11 bits per heavy atom. The van der Waals surface area contributed by atoms with Gasteiger partial charge in [0.2, 0.25) is 0 Å². The summed E-state index contributed by atoms with van der Waals surface area (Å²) in [6.07, 6.45) is -1.31. The highest BCUT2D eigenvalue weighted by atomic mass is 32.2. The van der Waals surface area contributed by atoms with Crippen molar-refractivity contribution in [3.8, 4) is 0 Å². The fourth-order valence-electron chi connectivity index (χ4n) is 2.21. The normalized spacial score (nSPS) is 34.7. The van der Waals surface area contributed by atoms with Crippen LogP contribution in [0.4, 0.5) is 0 Å². The molecular formula is C13H22O5S. The van der Waals surface area contributed by atoms with Crippen LogP contribution in [0, 0.1) is 5.92 Å². The van der Waals surface area contributed by atoms with E-state index < -0.39 is 18.2 Å². The molecule has 0 aromatic heterocycles. The first kappa shape index (κ1) is 16.3. The average Bonchev–Trinajstić information content (AvgIpc) is 2.29. The van der Waals surface area contributed by atoms with Gasteiger partial charge in [-0.05, 0) is 12.7 Å². The molecule has 1 aliphatic rings. The minimum absolute atomic E-state index is 0.0330. The second-order valence-corrected chi connectivity index (χ2v) is 6.05. The van der Waals surface area contributed by atoms with Gasteiger partial charge in [-0.25, -0.2) is 0 Å². The van der Waals surface area contributed by atoms with Crippen molar-refractivity contribution in [2.24, 2.45) is 5.92 Å². The Morgan fingerprint density at radius 3 is 2.11 bits per heavy atom. The number of rotatable bonds is 4. The molecule has 0 bridgehead atoms. The molecule has 110 valence electrons. The molecule has 5 atom stereocenters. The molecule has 0 aromatic carbocycles. The van der Waals surface area contributed by atoms with Crippen LogP contribution < -0.4 is 0 Å². The summed E-state index contributed by atoms with van der Waals surface area (Å²) in [6.45, 7) is 8.53. The monoisotopic (exact) mass is 290 g/mol. The molecule has 5 nitrogen and oxygen atoms in total. The van der Waals surface area contributed by atoms with Crippen LogP contribution in [0.3, 0.4) is 0 Å². The Kier molecular flexibility index (Phi) is 6.13. The van der Waals surface area contributed by atoms with E-state index in [2.05, 4.69) is 0 Å². The first-order chi connectivity index (χ1) is 8.86. The standard InChI is InChI=1S/C13H22O5S/c1-6-19-13-7(2)11(17-9(4)14)12(8(3)16-13)18-10(5)15/h7-8,11-13H,6H2,1-5H3/t7-,8?,11+,12+,13?/m0/s1. The van der Waals surface area contributed by atoms with Crippen LogP contribution in [0.2, 0.25) is 0 Å². The maximum Gasteiger partial charge on any atom is 0.303 e. The number of hydrogen-bond acceptors (Lipinski definition) is 6. The van der Waals surface area contributed by atoms with Gasteiger partial charge >= 0.3 is 11.9 Å². The zero-order valence-corrected chi connectivity index (χ0v) is 12.9. The molecule has 0 aromatic rings. The van der Waals surface area contributed by atoms with E-state index >= 15 is 0 Å². The Balaban J connectivity index is 2.88. The smallest absolute Gasteiger partial charge is 0.303 e. The lowest BCUT2D eigenvalue weighted by molar-refractivity contribution is -0.207. The van der Waals surface area contributed by atoms with E-state index in [1.165, 1.54) is 13.8 Å². The van der Waals surface area contributed by atoms with Gasteiger partial charge in [0.15, 0.2) is 6.10 Å². The van der Waals surface area contributed by atoms with E-state index in [-0.39, 0.29) is 23.4 Å². The minimum Gasteiger partial charge on any atom is -0.458 e. The number of ether oxygens (including phenoxy) is 3. The maximum absolute atomic E-state index is 11.2. The van der Waals surface area contributed by atoms with Gasteiger partial charge in [0.05, 0.1) is 6.10 Å². The van der Waals surface area contributed by atoms with Crippen molar-refractivity contribution in [1.29, 1.82) is 0 Å². The molecule has 0 aliphatic carbocycles. The summed E-state index contributed by atoms with van der Waals surface area (Å²) >= 11 is 1.66. The van der Waals surface area contributed by atoms with Gasteiger partial charge in [-0.15, -0.1) is 11.8 Å². The summed E-state index contributed by atoms with van der Waals surface area (Å²) in [5.41, 5.74) is -0.0591. The zero-order valence-electron chi connectivity index (χ0n) is 12.0. The predicted molar refractivity (Wildman–Crippen MR) is 72.7 cm³/mol. The van der Waals surface area contributed by atoms with Crippen LogP contribution in [0.5, 0.6) is 0 Å². The number of carbonyl (C=O) groups excluding carboxylic acids is 2. The lowest BCUT2D eigenvalue weighted by atomic mass is 9.93. The van der Waals surface area contributed by atoms with Crippen molar-refractivity contribution in [2.75, 3.05) is 5.75 Å². The molecule has 2 unspecified atom stereocenters. The summed E-state index contributed by atoms with van der Waals surface area (Å²) in [5, 5.41) is 0. The van der Waals surface area contributed by atoms with Crippen molar-refractivity contribution in [3.05, 3.63) is 0 Å². The van der Waals surface area contributed by atoms with Crippen LogP contribution in [0.25, 0.3) is 0 Å². The van der Waals surface area contributed by atoms with Crippen LogP contribution >= 0.6 is 11.8 Å². The minimum atomic E-state index is -0.551. The lowest BCUT2D eigenvalue weighted by Gasteiger charge is -2.43. The van der Waals surface area contributed by atoms with Gasteiger partial charge in [-0.3, -0.25) is 9.59 Å². The molecule has 1 fully saturated rings. The fraction of sp³-hybridized carbons (Fsp3) is 0.846. The van der Waals surface area contributed by atoms with Crippen molar-refractivity contribution in [3.63, 3.8) is 0 Å². The highest BCUT2D eigenvalue weighted by Crippen LogP contribution is 2.35. The molecule has 6 heteroatoms. The van der Waals surface area contributed by atoms with Gasteiger partial charge < -0.3 is 14.2 Å². The highest BCUT2D eigenvalue weighted by molar-refractivity contribution is 7.99. The average molecular weight is 290 g/mol. The van der Waals surface area contributed by atoms with Crippen molar-refractivity contribution in [1.82, 2.24) is 0 Å². The van der Waals surface area contributed by atoms with Crippen LogP contribution in [0.1, 0.15) is 34.6 Å². The van der Waals surface area contributed by atoms with Crippen LogP contribution in [0.15, 0.2) is 0 Å². The molecule has 0 saturated carbocycles. The number of thioether (sulfide) groups is 1. The van der Waals surface area contributed by atoms with E-state index in [0.29, 0.717) is 0 Å². The number of hydrogen-bond donors (Lipinski definition) is 0. The van der Waals surface area contributed by atoms with Crippen LogP contribution in [-0.4, -0.2) is 41.4 Å². The molecule has 0 N–H and O–H groups in total. The Bertz CT molecular complexity index is 333. The second-order valence-electron chi connectivity index (χ2n) is 4.67. The Hall–Kier alpha value is -0.750. The van der Waals surface area contributed by atoms with E-state index in [4.69, 9.17) is 14.2 Å².